The van der Waals surface area contributed by atoms with Gasteiger partial charge in [-0.1, -0.05) is 42.6 Å². The van der Waals surface area contributed by atoms with Crippen LogP contribution in [0.3, 0.4) is 0 Å². The van der Waals surface area contributed by atoms with Gasteiger partial charge in [0.05, 0.1) is 0 Å². The third kappa shape index (κ3) is 5.35. The van der Waals surface area contributed by atoms with Gasteiger partial charge in [-0.05, 0) is 31.1 Å². The Bertz CT molecular complexity index is 121. The Balaban J connectivity index is 3.94. The fourth-order valence-electron chi connectivity index (χ4n) is 1.85. The summed E-state index contributed by atoms with van der Waals surface area (Å²) in [6.07, 6.45) is 7.78. The van der Waals surface area contributed by atoms with E-state index >= 15 is 0 Å². The zero-order chi connectivity index (χ0) is 10.9. The normalized spacial score (nSPS) is 15.4. The number of ether oxygens (including phenoxy) is 1. The van der Waals surface area contributed by atoms with E-state index in [1.165, 1.54) is 38.5 Å². The summed E-state index contributed by atoms with van der Waals surface area (Å²) in [5, 5.41) is 1.14. The van der Waals surface area contributed by atoms with Gasteiger partial charge in [0.15, 0.2) is 0 Å². The first-order valence-electron chi connectivity index (χ1n) is 5.79. The molecule has 2 heteroatoms. The average Bonchev–Trinajstić information content (AvgIpc) is 2.24. The van der Waals surface area contributed by atoms with Crippen molar-refractivity contribution in [3.8, 4) is 0 Å². The molecule has 0 spiro atoms. The fraction of sp³-hybridized carbons (Fsp3) is 1.00. The predicted octanol–water partition coefficient (Wildman–Crippen LogP) is 4.39. The van der Waals surface area contributed by atoms with Gasteiger partial charge >= 0.3 is 0 Å². The SMILES string of the molecule is CCCCC(CC)(CBr)CCCOC. The number of hydrogen-bond acceptors (Lipinski definition) is 1. The third-order valence-electron chi connectivity index (χ3n) is 3.15. The van der Waals surface area contributed by atoms with Crippen molar-refractivity contribution in [1.82, 2.24) is 0 Å². The second-order valence-electron chi connectivity index (χ2n) is 4.19. The van der Waals surface area contributed by atoms with Gasteiger partial charge in [0.2, 0.25) is 0 Å². The molecular weight excluding hydrogens is 240 g/mol. The van der Waals surface area contributed by atoms with Crippen molar-refractivity contribution in [2.45, 2.75) is 52.4 Å². The lowest BCUT2D eigenvalue weighted by molar-refractivity contribution is 0.165. The molecule has 1 nitrogen and oxygen atoms in total. The highest BCUT2D eigenvalue weighted by molar-refractivity contribution is 9.09. The van der Waals surface area contributed by atoms with Crippen LogP contribution in [-0.2, 0) is 4.74 Å². The van der Waals surface area contributed by atoms with Crippen molar-refractivity contribution in [1.29, 1.82) is 0 Å². The molecular formula is C12H25BrO. The Kier molecular flexibility index (Phi) is 9.00. The summed E-state index contributed by atoms with van der Waals surface area (Å²) in [5.41, 5.74) is 0.522. The van der Waals surface area contributed by atoms with Crippen LogP contribution in [0.1, 0.15) is 52.4 Å². The van der Waals surface area contributed by atoms with E-state index in [-0.39, 0.29) is 0 Å². The van der Waals surface area contributed by atoms with Gasteiger partial charge in [0.25, 0.3) is 0 Å². The van der Waals surface area contributed by atoms with E-state index in [4.69, 9.17) is 4.74 Å². The van der Waals surface area contributed by atoms with E-state index in [2.05, 4.69) is 29.8 Å². The Hall–Kier alpha value is 0.440. The van der Waals surface area contributed by atoms with Crippen LogP contribution in [0.4, 0.5) is 0 Å². The molecule has 86 valence electrons. The fourth-order valence-corrected chi connectivity index (χ4v) is 2.81. The molecule has 0 aromatic heterocycles. The number of unbranched alkanes of at least 4 members (excludes halogenated alkanes) is 1. The van der Waals surface area contributed by atoms with E-state index in [1.807, 2.05) is 0 Å². The lowest BCUT2D eigenvalue weighted by atomic mass is 9.78. The largest absolute Gasteiger partial charge is 0.385 e. The molecule has 0 rings (SSSR count). The van der Waals surface area contributed by atoms with E-state index in [0.29, 0.717) is 5.41 Å². The van der Waals surface area contributed by atoms with E-state index in [0.717, 1.165) is 11.9 Å². The first-order chi connectivity index (χ1) is 6.74. The van der Waals surface area contributed by atoms with Gasteiger partial charge in [-0.3, -0.25) is 0 Å². The van der Waals surface area contributed by atoms with Crippen LogP contribution >= 0.6 is 15.9 Å². The summed E-state index contributed by atoms with van der Waals surface area (Å²) in [5.74, 6) is 0. The maximum atomic E-state index is 5.12. The highest BCUT2D eigenvalue weighted by Gasteiger charge is 2.25. The Morgan fingerprint density at radius 2 is 1.79 bits per heavy atom. The van der Waals surface area contributed by atoms with Crippen LogP contribution in [0.25, 0.3) is 0 Å². The average molecular weight is 265 g/mol. The van der Waals surface area contributed by atoms with Gasteiger partial charge in [-0.2, -0.15) is 0 Å². The molecule has 0 N–H and O–H groups in total. The summed E-state index contributed by atoms with van der Waals surface area (Å²) >= 11 is 3.67. The van der Waals surface area contributed by atoms with Crippen LogP contribution < -0.4 is 0 Å². The molecule has 1 unspecified atom stereocenters. The van der Waals surface area contributed by atoms with Gasteiger partial charge in [-0.15, -0.1) is 0 Å². The molecule has 1 atom stereocenters. The molecule has 0 aromatic rings. The predicted molar refractivity (Wildman–Crippen MR) is 67.2 cm³/mol. The highest BCUT2D eigenvalue weighted by Crippen LogP contribution is 2.35. The Morgan fingerprint density at radius 3 is 2.21 bits per heavy atom. The van der Waals surface area contributed by atoms with Gasteiger partial charge < -0.3 is 4.74 Å². The summed E-state index contributed by atoms with van der Waals surface area (Å²) in [7, 11) is 1.79. The van der Waals surface area contributed by atoms with Gasteiger partial charge in [0.1, 0.15) is 0 Å². The number of halogens is 1. The zero-order valence-corrected chi connectivity index (χ0v) is 11.5. The molecule has 0 bridgehead atoms. The Labute approximate surface area is 97.7 Å². The van der Waals surface area contributed by atoms with Crippen LogP contribution in [0.5, 0.6) is 0 Å². The smallest absolute Gasteiger partial charge is 0.0462 e. The van der Waals surface area contributed by atoms with Crippen molar-refractivity contribution >= 4 is 15.9 Å². The molecule has 0 aliphatic rings. The molecule has 0 saturated heterocycles. The van der Waals surface area contributed by atoms with Crippen molar-refractivity contribution in [3.63, 3.8) is 0 Å². The molecule has 0 aromatic carbocycles. The second-order valence-corrected chi connectivity index (χ2v) is 4.75. The minimum atomic E-state index is 0.522. The molecule has 0 heterocycles. The minimum Gasteiger partial charge on any atom is -0.385 e. The first-order valence-corrected chi connectivity index (χ1v) is 6.91. The van der Waals surface area contributed by atoms with Gasteiger partial charge in [0, 0.05) is 19.0 Å². The summed E-state index contributed by atoms with van der Waals surface area (Å²) < 4.78 is 5.12. The third-order valence-corrected chi connectivity index (χ3v) is 4.34. The maximum absolute atomic E-state index is 5.12. The van der Waals surface area contributed by atoms with E-state index in [1.54, 1.807) is 7.11 Å². The number of methoxy groups -OCH3 is 1. The van der Waals surface area contributed by atoms with E-state index < -0.39 is 0 Å². The number of hydrogen-bond donors (Lipinski definition) is 0. The lowest BCUT2D eigenvalue weighted by Crippen LogP contribution is -2.22. The van der Waals surface area contributed by atoms with Crippen molar-refractivity contribution < 1.29 is 4.74 Å². The molecule has 0 aliphatic heterocycles. The zero-order valence-electron chi connectivity index (χ0n) is 9.94. The summed E-state index contributed by atoms with van der Waals surface area (Å²) in [6.45, 7) is 5.48. The molecule has 14 heavy (non-hydrogen) atoms. The second kappa shape index (κ2) is 8.72. The lowest BCUT2D eigenvalue weighted by Gasteiger charge is -2.31. The number of rotatable bonds is 9. The monoisotopic (exact) mass is 264 g/mol. The van der Waals surface area contributed by atoms with Crippen LogP contribution in [0, 0.1) is 5.41 Å². The minimum absolute atomic E-state index is 0.522. The van der Waals surface area contributed by atoms with E-state index in [9.17, 15) is 0 Å². The van der Waals surface area contributed by atoms with Gasteiger partial charge in [-0.25, -0.2) is 0 Å². The highest BCUT2D eigenvalue weighted by atomic mass is 79.9. The summed E-state index contributed by atoms with van der Waals surface area (Å²) in [6, 6.07) is 0. The van der Waals surface area contributed by atoms with Crippen LogP contribution in [-0.4, -0.2) is 19.0 Å². The quantitative estimate of drug-likeness (QED) is 0.443. The first kappa shape index (κ1) is 14.4. The molecule has 0 fully saturated rings. The van der Waals surface area contributed by atoms with Crippen molar-refractivity contribution in [2.75, 3.05) is 19.0 Å². The molecule has 0 radical (unpaired) electrons. The van der Waals surface area contributed by atoms with Crippen LogP contribution in [0.2, 0.25) is 0 Å². The standard InChI is InChI=1S/C12H25BrO/c1-4-6-8-12(5-2,11-13)9-7-10-14-3/h4-11H2,1-3H3. The van der Waals surface area contributed by atoms with Crippen LogP contribution in [0.15, 0.2) is 0 Å². The summed E-state index contributed by atoms with van der Waals surface area (Å²) in [4.78, 5) is 0. The topological polar surface area (TPSA) is 9.23 Å². The molecule has 0 saturated carbocycles. The van der Waals surface area contributed by atoms with Crippen molar-refractivity contribution in [3.05, 3.63) is 0 Å². The van der Waals surface area contributed by atoms with Crippen molar-refractivity contribution in [2.24, 2.45) is 5.41 Å². The Morgan fingerprint density at radius 1 is 1.14 bits per heavy atom. The molecule has 0 amide bonds. The maximum Gasteiger partial charge on any atom is 0.0462 e. The number of alkyl halides is 1. The molecule has 0 aliphatic carbocycles.